The van der Waals surface area contributed by atoms with Crippen LogP contribution in [0.1, 0.15) is 40.2 Å². The highest BCUT2D eigenvalue weighted by atomic mass is 16.5. The molecule has 0 saturated carbocycles. The van der Waals surface area contributed by atoms with Gasteiger partial charge in [0.25, 0.3) is 5.91 Å². The number of carbonyl (C=O) groups excluding carboxylic acids is 1. The SMILES string of the molecule is COc1ccc(-c2ccc(C(=O)Nc3ccc4cc(CN5CCC(c6ccc(N)cc6)CC5)ccc4c3)cc2)cc1. The number of hydrogen-bond acceptors (Lipinski definition) is 4. The van der Waals surface area contributed by atoms with E-state index in [1.165, 1.54) is 29.4 Å². The molecule has 1 saturated heterocycles. The van der Waals surface area contributed by atoms with Gasteiger partial charge in [-0.05, 0) is 119 Å². The van der Waals surface area contributed by atoms with Crippen LogP contribution in [0, 0.1) is 0 Å². The van der Waals surface area contributed by atoms with Crippen molar-refractivity contribution in [2.75, 3.05) is 31.2 Å². The largest absolute Gasteiger partial charge is 0.497 e. The van der Waals surface area contributed by atoms with Crippen LogP contribution < -0.4 is 15.8 Å². The molecule has 1 amide bonds. The van der Waals surface area contributed by atoms with Gasteiger partial charge in [-0.25, -0.2) is 0 Å². The van der Waals surface area contributed by atoms with E-state index in [2.05, 4.69) is 46.6 Å². The minimum Gasteiger partial charge on any atom is -0.497 e. The fourth-order valence-electron chi connectivity index (χ4n) is 5.72. The van der Waals surface area contributed by atoms with Gasteiger partial charge in [0.2, 0.25) is 0 Å². The van der Waals surface area contributed by atoms with Gasteiger partial charge < -0.3 is 15.8 Å². The van der Waals surface area contributed by atoms with Crippen LogP contribution in [0.2, 0.25) is 0 Å². The Bertz CT molecular complexity index is 1640. The number of methoxy groups -OCH3 is 1. The average Bonchev–Trinajstić information content (AvgIpc) is 3.02. The Labute approximate surface area is 241 Å². The topological polar surface area (TPSA) is 67.6 Å². The van der Waals surface area contributed by atoms with E-state index in [0.29, 0.717) is 11.5 Å². The fraction of sp³-hybridized carbons (Fsp3) is 0.194. The van der Waals surface area contributed by atoms with Crippen molar-refractivity contribution in [1.29, 1.82) is 0 Å². The van der Waals surface area contributed by atoms with Crippen molar-refractivity contribution in [1.82, 2.24) is 4.90 Å². The van der Waals surface area contributed by atoms with Gasteiger partial charge in [-0.3, -0.25) is 9.69 Å². The zero-order chi connectivity index (χ0) is 28.2. The summed E-state index contributed by atoms with van der Waals surface area (Å²) < 4.78 is 5.24. The van der Waals surface area contributed by atoms with E-state index in [-0.39, 0.29) is 5.91 Å². The third-order valence-corrected chi connectivity index (χ3v) is 8.13. The first-order valence-electron chi connectivity index (χ1n) is 14.2. The highest BCUT2D eigenvalue weighted by Crippen LogP contribution is 2.30. The Kier molecular flexibility index (Phi) is 7.70. The fourth-order valence-corrected chi connectivity index (χ4v) is 5.72. The van der Waals surface area contributed by atoms with Gasteiger partial charge >= 0.3 is 0 Å². The number of hydrogen-bond donors (Lipinski definition) is 2. The molecule has 0 bridgehead atoms. The summed E-state index contributed by atoms with van der Waals surface area (Å²) >= 11 is 0. The lowest BCUT2D eigenvalue weighted by Gasteiger charge is -2.32. The van der Waals surface area contributed by atoms with Crippen LogP contribution in [0.25, 0.3) is 21.9 Å². The summed E-state index contributed by atoms with van der Waals surface area (Å²) in [6, 6.07) is 36.7. The summed E-state index contributed by atoms with van der Waals surface area (Å²) in [5, 5.41) is 5.35. The molecular formula is C36H35N3O2. The quantitative estimate of drug-likeness (QED) is 0.207. The summed E-state index contributed by atoms with van der Waals surface area (Å²) in [5.74, 6) is 1.32. The maximum atomic E-state index is 12.9. The normalized spacial score (nSPS) is 14.2. The van der Waals surface area contributed by atoms with Crippen molar-refractivity contribution in [3.63, 3.8) is 0 Å². The Morgan fingerprint density at radius 2 is 1.44 bits per heavy atom. The first-order valence-corrected chi connectivity index (χ1v) is 14.2. The summed E-state index contributed by atoms with van der Waals surface area (Å²) in [7, 11) is 1.66. The molecule has 1 aliphatic rings. The summed E-state index contributed by atoms with van der Waals surface area (Å²) in [6.07, 6.45) is 2.34. The number of anilines is 2. The van der Waals surface area contributed by atoms with E-state index in [1.54, 1.807) is 7.11 Å². The standard InChI is InChI=1S/C36H35N3O2/c1-41-35-16-11-28(12-17-35)26-4-6-30(7-5-26)36(40)38-34-15-10-31-22-25(2-3-32(31)23-34)24-39-20-18-29(19-21-39)27-8-13-33(37)14-9-27/h2-17,22-23,29H,18-21,24,37H2,1H3,(H,38,40). The van der Waals surface area contributed by atoms with Gasteiger partial charge in [-0.2, -0.15) is 0 Å². The maximum absolute atomic E-state index is 12.9. The predicted molar refractivity (Wildman–Crippen MR) is 168 cm³/mol. The highest BCUT2D eigenvalue weighted by molar-refractivity contribution is 6.05. The zero-order valence-electron chi connectivity index (χ0n) is 23.3. The van der Waals surface area contributed by atoms with Crippen molar-refractivity contribution in [2.45, 2.75) is 25.3 Å². The number of nitrogens with zero attached hydrogens (tertiary/aromatic N) is 1. The van der Waals surface area contributed by atoms with Crippen molar-refractivity contribution >= 4 is 28.1 Å². The minimum absolute atomic E-state index is 0.121. The number of carbonyl (C=O) groups is 1. The van der Waals surface area contributed by atoms with Crippen molar-refractivity contribution < 1.29 is 9.53 Å². The number of rotatable bonds is 7. The summed E-state index contributed by atoms with van der Waals surface area (Å²) in [6.45, 7) is 3.15. The van der Waals surface area contributed by atoms with Crippen LogP contribution in [0.3, 0.4) is 0 Å². The molecule has 5 heteroatoms. The van der Waals surface area contributed by atoms with Crippen LogP contribution in [0.4, 0.5) is 11.4 Å². The molecule has 1 fully saturated rings. The smallest absolute Gasteiger partial charge is 0.255 e. The number of nitrogens with two attached hydrogens (primary N) is 1. The zero-order valence-corrected chi connectivity index (χ0v) is 23.3. The Hall–Kier alpha value is -4.61. The van der Waals surface area contributed by atoms with Crippen LogP contribution >= 0.6 is 0 Å². The Morgan fingerprint density at radius 3 is 2.12 bits per heavy atom. The number of ether oxygens (including phenoxy) is 1. The van der Waals surface area contributed by atoms with Crippen molar-refractivity contribution in [2.24, 2.45) is 0 Å². The third-order valence-electron chi connectivity index (χ3n) is 8.13. The number of amides is 1. The monoisotopic (exact) mass is 541 g/mol. The second-order valence-electron chi connectivity index (χ2n) is 10.9. The molecule has 0 radical (unpaired) electrons. The molecule has 0 unspecified atom stereocenters. The van der Waals surface area contributed by atoms with Crippen LogP contribution in [-0.4, -0.2) is 31.0 Å². The Morgan fingerprint density at radius 1 is 0.805 bits per heavy atom. The van der Waals surface area contributed by atoms with Gasteiger partial charge in [0.05, 0.1) is 7.11 Å². The van der Waals surface area contributed by atoms with Crippen LogP contribution in [0.5, 0.6) is 5.75 Å². The van der Waals surface area contributed by atoms with Crippen LogP contribution in [0.15, 0.2) is 109 Å². The number of nitrogens with one attached hydrogen (secondary N) is 1. The first kappa shape index (κ1) is 26.6. The van der Waals surface area contributed by atoms with E-state index < -0.39 is 0 Å². The van der Waals surface area contributed by atoms with Gasteiger partial charge in [0, 0.05) is 23.5 Å². The molecular weight excluding hydrogens is 506 g/mol. The number of nitrogen functional groups attached to an aromatic ring is 1. The van der Waals surface area contributed by atoms with Crippen molar-refractivity contribution in [3.8, 4) is 16.9 Å². The average molecular weight is 542 g/mol. The van der Waals surface area contributed by atoms with Gasteiger partial charge in [0.15, 0.2) is 0 Å². The second kappa shape index (κ2) is 11.9. The van der Waals surface area contributed by atoms with Gasteiger partial charge in [0.1, 0.15) is 5.75 Å². The molecule has 0 aliphatic carbocycles. The van der Waals surface area contributed by atoms with Gasteiger partial charge in [-0.1, -0.05) is 54.6 Å². The third kappa shape index (κ3) is 6.26. The molecule has 1 aliphatic heterocycles. The lowest BCUT2D eigenvalue weighted by molar-refractivity contribution is 0.102. The predicted octanol–water partition coefficient (Wildman–Crippen LogP) is 7.73. The van der Waals surface area contributed by atoms with Crippen LogP contribution in [-0.2, 0) is 6.54 Å². The van der Waals surface area contributed by atoms with E-state index in [9.17, 15) is 4.79 Å². The number of piperidine rings is 1. The van der Waals surface area contributed by atoms with Crippen molar-refractivity contribution in [3.05, 3.63) is 126 Å². The van der Waals surface area contributed by atoms with Gasteiger partial charge in [-0.15, -0.1) is 0 Å². The number of likely N-dealkylation sites (tertiary alicyclic amines) is 1. The summed E-state index contributed by atoms with van der Waals surface area (Å²) in [4.78, 5) is 15.5. The minimum atomic E-state index is -0.121. The maximum Gasteiger partial charge on any atom is 0.255 e. The lowest BCUT2D eigenvalue weighted by atomic mass is 9.89. The highest BCUT2D eigenvalue weighted by Gasteiger charge is 2.20. The number of fused-ring (bicyclic) bond motifs is 1. The Balaban J connectivity index is 1.06. The molecule has 0 spiro atoms. The molecule has 6 rings (SSSR count). The molecule has 41 heavy (non-hydrogen) atoms. The lowest BCUT2D eigenvalue weighted by Crippen LogP contribution is -2.32. The van der Waals surface area contributed by atoms with E-state index in [0.717, 1.165) is 53.3 Å². The van der Waals surface area contributed by atoms with E-state index in [4.69, 9.17) is 10.5 Å². The second-order valence-corrected chi connectivity index (χ2v) is 10.9. The molecule has 5 aromatic rings. The summed E-state index contributed by atoms with van der Waals surface area (Å²) in [5.41, 5.74) is 12.9. The first-order chi connectivity index (χ1) is 20.0. The number of benzene rings is 5. The molecule has 1 heterocycles. The molecule has 0 aromatic heterocycles. The van der Waals surface area contributed by atoms with E-state index in [1.807, 2.05) is 72.8 Å². The molecule has 3 N–H and O–H groups in total. The molecule has 5 aromatic carbocycles. The molecule has 5 nitrogen and oxygen atoms in total. The molecule has 0 atom stereocenters. The van der Waals surface area contributed by atoms with E-state index >= 15 is 0 Å². The molecule has 206 valence electrons.